The Balaban J connectivity index is 1.59. The van der Waals surface area contributed by atoms with Crippen molar-refractivity contribution in [2.45, 2.75) is 25.4 Å². The molecule has 0 aromatic carbocycles. The molecule has 0 amide bonds. The van der Waals surface area contributed by atoms with Crippen LogP contribution in [0.3, 0.4) is 0 Å². The molecule has 1 aliphatic carbocycles. The predicted molar refractivity (Wildman–Crippen MR) is 53.9 cm³/mol. The SMILES string of the molecule is OC(CNCCC1CC1)c1ccco1. The van der Waals surface area contributed by atoms with Gasteiger partial charge in [-0.3, -0.25) is 0 Å². The normalized spacial score (nSPS) is 18.4. The van der Waals surface area contributed by atoms with Crippen molar-refractivity contribution < 1.29 is 9.52 Å². The summed E-state index contributed by atoms with van der Waals surface area (Å²) in [5.41, 5.74) is 0. The zero-order valence-electron chi connectivity index (χ0n) is 8.28. The number of aliphatic hydroxyl groups excluding tert-OH is 1. The number of hydrogen-bond donors (Lipinski definition) is 2. The summed E-state index contributed by atoms with van der Waals surface area (Å²) < 4.78 is 5.10. The summed E-state index contributed by atoms with van der Waals surface area (Å²) in [5, 5.41) is 12.9. The van der Waals surface area contributed by atoms with Gasteiger partial charge in [-0.25, -0.2) is 0 Å². The summed E-state index contributed by atoms with van der Waals surface area (Å²) in [6.07, 6.45) is 5.10. The fraction of sp³-hybridized carbons (Fsp3) is 0.636. The van der Waals surface area contributed by atoms with Gasteiger partial charge >= 0.3 is 0 Å². The van der Waals surface area contributed by atoms with E-state index >= 15 is 0 Å². The van der Waals surface area contributed by atoms with Crippen LogP contribution >= 0.6 is 0 Å². The number of nitrogens with one attached hydrogen (secondary N) is 1. The molecule has 1 aromatic heterocycles. The average molecular weight is 195 g/mol. The molecule has 0 radical (unpaired) electrons. The molecular weight excluding hydrogens is 178 g/mol. The number of furan rings is 1. The van der Waals surface area contributed by atoms with Crippen molar-refractivity contribution in [3.8, 4) is 0 Å². The van der Waals surface area contributed by atoms with Crippen molar-refractivity contribution in [2.75, 3.05) is 13.1 Å². The molecule has 1 unspecified atom stereocenters. The lowest BCUT2D eigenvalue weighted by Crippen LogP contribution is -2.22. The predicted octanol–water partition coefficient (Wildman–Crippen LogP) is 1.70. The fourth-order valence-electron chi connectivity index (χ4n) is 1.53. The third kappa shape index (κ3) is 2.86. The summed E-state index contributed by atoms with van der Waals surface area (Å²) in [7, 11) is 0. The second-order valence-corrected chi connectivity index (χ2v) is 3.97. The van der Waals surface area contributed by atoms with Crippen LogP contribution in [0.15, 0.2) is 22.8 Å². The molecule has 0 saturated heterocycles. The molecule has 1 atom stereocenters. The van der Waals surface area contributed by atoms with Crippen molar-refractivity contribution in [1.29, 1.82) is 0 Å². The highest BCUT2D eigenvalue weighted by molar-refractivity contribution is 5.02. The Bertz CT molecular complexity index is 254. The first-order valence-corrected chi connectivity index (χ1v) is 5.28. The van der Waals surface area contributed by atoms with E-state index in [9.17, 15) is 5.11 Å². The maximum absolute atomic E-state index is 9.63. The van der Waals surface area contributed by atoms with Crippen molar-refractivity contribution in [3.63, 3.8) is 0 Å². The van der Waals surface area contributed by atoms with Gasteiger partial charge in [0.05, 0.1) is 6.26 Å². The standard InChI is InChI=1S/C11H17NO2/c13-10(11-2-1-7-14-11)8-12-6-5-9-3-4-9/h1-2,7,9-10,12-13H,3-6,8H2. The summed E-state index contributed by atoms with van der Waals surface area (Å²) in [5.74, 6) is 1.59. The molecular formula is C11H17NO2. The molecule has 14 heavy (non-hydrogen) atoms. The van der Waals surface area contributed by atoms with E-state index in [1.54, 1.807) is 18.4 Å². The molecule has 0 spiro atoms. The maximum atomic E-state index is 9.63. The molecule has 1 fully saturated rings. The first kappa shape index (κ1) is 9.74. The average Bonchev–Trinajstić information content (AvgIpc) is 2.84. The Labute approximate surface area is 84.1 Å². The highest BCUT2D eigenvalue weighted by Gasteiger charge is 2.20. The van der Waals surface area contributed by atoms with E-state index in [-0.39, 0.29) is 0 Å². The van der Waals surface area contributed by atoms with Crippen LogP contribution in [0.4, 0.5) is 0 Å². The van der Waals surface area contributed by atoms with E-state index in [4.69, 9.17) is 4.42 Å². The second-order valence-electron chi connectivity index (χ2n) is 3.97. The van der Waals surface area contributed by atoms with Crippen LogP contribution in [0, 0.1) is 5.92 Å². The highest BCUT2D eigenvalue weighted by atomic mass is 16.4. The van der Waals surface area contributed by atoms with Gasteiger partial charge in [0.25, 0.3) is 0 Å². The largest absolute Gasteiger partial charge is 0.467 e. The third-order valence-electron chi connectivity index (χ3n) is 2.64. The molecule has 1 saturated carbocycles. The van der Waals surface area contributed by atoms with E-state index in [0.717, 1.165) is 12.5 Å². The van der Waals surface area contributed by atoms with Crippen LogP contribution in [0.25, 0.3) is 0 Å². The summed E-state index contributed by atoms with van der Waals surface area (Å²) in [6.45, 7) is 1.59. The molecule has 2 N–H and O–H groups in total. The van der Waals surface area contributed by atoms with Crippen molar-refractivity contribution in [3.05, 3.63) is 24.2 Å². The molecule has 2 rings (SSSR count). The Morgan fingerprint density at radius 3 is 3.07 bits per heavy atom. The van der Waals surface area contributed by atoms with Crippen molar-refractivity contribution in [2.24, 2.45) is 5.92 Å². The van der Waals surface area contributed by atoms with Crippen LogP contribution in [-0.4, -0.2) is 18.2 Å². The monoisotopic (exact) mass is 195 g/mol. The van der Waals surface area contributed by atoms with Crippen molar-refractivity contribution >= 4 is 0 Å². The quantitative estimate of drug-likeness (QED) is 0.679. The number of aliphatic hydroxyl groups is 1. The Morgan fingerprint density at radius 1 is 1.57 bits per heavy atom. The van der Waals surface area contributed by atoms with Crippen LogP contribution in [0.1, 0.15) is 31.1 Å². The van der Waals surface area contributed by atoms with Crippen LogP contribution in [0.5, 0.6) is 0 Å². The topological polar surface area (TPSA) is 45.4 Å². The molecule has 1 aliphatic rings. The van der Waals surface area contributed by atoms with Gasteiger partial charge in [-0.15, -0.1) is 0 Å². The Kier molecular flexibility index (Phi) is 3.22. The van der Waals surface area contributed by atoms with Gasteiger partial charge in [0.15, 0.2) is 0 Å². The minimum Gasteiger partial charge on any atom is -0.467 e. The molecule has 0 aliphatic heterocycles. The lowest BCUT2D eigenvalue weighted by Gasteiger charge is -2.08. The van der Waals surface area contributed by atoms with E-state index in [2.05, 4.69) is 5.32 Å². The van der Waals surface area contributed by atoms with Gasteiger partial charge in [0.1, 0.15) is 11.9 Å². The zero-order chi connectivity index (χ0) is 9.80. The smallest absolute Gasteiger partial charge is 0.133 e. The molecule has 1 aromatic rings. The lowest BCUT2D eigenvalue weighted by atomic mass is 10.2. The van der Waals surface area contributed by atoms with E-state index in [1.165, 1.54) is 19.3 Å². The zero-order valence-corrected chi connectivity index (χ0v) is 8.28. The first-order valence-electron chi connectivity index (χ1n) is 5.28. The van der Waals surface area contributed by atoms with Gasteiger partial charge < -0.3 is 14.8 Å². The van der Waals surface area contributed by atoms with Gasteiger partial charge in [0.2, 0.25) is 0 Å². The molecule has 0 bridgehead atoms. The first-order chi connectivity index (χ1) is 6.86. The van der Waals surface area contributed by atoms with E-state index in [0.29, 0.717) is 12.3 Å². The van der Waals surface area contributed by atoms with Gasteiger partial charge in [-0.05, 0) is 31.0 Å². The van der Waals surface area contributed by atoms with Crippen molar-refractivity contribution in [1.82, 2.24) is 5.32 Å². The van der Waals surface area contributed by atoms with E-state index < -0.39 is 6.10 Å². The summed E-state index contributed by atoms with van der Waals surface area (Å²) in [4.78, 5) is 0. The van der Waals surface area contributed by atoms with Crippen LogP contribution in [0.2, 0.25) is 0 Å². The minimum atomic E-state index is -0.510. The van der Waals surface area contributed by atoms with Gasteiger partial charge in [-0.2, -0.15) is 0 Å². The lowest BCUT2D eigenvalue weighted by molar-refractivity contribution is 0.147. The summed E-state index contributed by atoms with van der Waals surface area (Å²) in [6, 6.07) is 3.59. The molecule has 3 nitrogen and oxygen atoms in total. The van der Waals surface area contributed by atoms with E-state index in [1.807, 2.05) is 0 Å². The number of rotatable bonds is 6. The Hall–Kier alpha value is -0.800. The molecule has 3 heteroatoms. The third-order valence-corrected chi connectivity index (χ3v) is 2.64. The summed E-state index contributed by atoms with van der Waals surface area (Å²) >= 11 is 0. The molecule has 1 heterocycles. The second kappa shape index (κ2) is 4.62. The maximum Gasteiger partial charge on any atom is 0.133 e. The fourth-order valence-corrected chi connectivity index (χ4v) is 1.53. The van der Waals surface area contributed by atoms with Crippen LogP contribution < -0.4 is 5.32 Å². The Morgan fingerprint density at radius 2 is 2.43 bits per heavy atom. The number of hydrogen-bond acceptors (Lipinski definition) is 3. The minimum absolute atomic E-state index is 0.510. The highest BCUT2D eigenvalue weighted by Crippen LogP contribution is 2.31. The molecule has 78 valence electrons. The van der Waals surface area contributed by atoms with Crippen LogP contribution in [-0.2, 0) is 0 Å². The van der Waals surface area contributed by atoms with Gasteiger partial charge in [-0.1, -0.05) is 12.8 Å². The van der Waals surface area contributed by atoms with Gasteiger partial charge in [0, 0.05) is 6.54 Å².